The van der Waals surface area contributed by atoms with Gasteiger partial charge in [-0.05, 0) is 35.4 Å². The molecule has 0 bridgehead atoms. The van der Waals surface area contributed by atoms with Gasteiger partial charge in [0.2, 0.25) is 5.13 Å². The number of halogens is 1. The highest BCUT2D eigenvalue weighted by molar-refractivity contribution is 8.00. The number of hydrogen-bond donors (Lipinski definition) is 1. The molecule has 1 aliphatic heterocycles. The summed E-state index contributed by atoms with van der Waals surface area (Å²) in [5, 5.41) is 31.5. The van der Waals surface area contributed by atoms with E-state index in [1.165, 1.54) is 54.2 Å². The molecule has 190 valence electrons. The van der Waals surface area contributed by atoms with Crippen LogP contribution in [0.3, 0.4) is 0 Å². The summed E-state index contributed by atoms with van der Waals surface area (Å²) < 4.78 is 0.571. The molecule has 1 saturated heterocycles. The highest BCUT2D eigenvalue weighted by Crippen LogP contribution is 2.44. The van der Waals surface area contributed by atoms with E-state index in [0.29, 0.717) is 15.1 Å². The molecule has 5 rings (SSSR count). The number of nitro groups is 1. The van der Waals surface area contributed by atoms with Gasteiger partial charge >= 0.3 is 5.91 Å². The lowest BCUT2D eigenvalue weighted by atomic mass is 9.95. The summed E-state index contributed by atoms with van der Waals surface area (Å²) in [6.45, 7) is 0. The predicted octanol–water partition coefficient (Wildman–Crippen LogP) is 6.02. The van der Waals surface area contributed by atoms with Crippen LogP contribution >= 0.6 is 34.7 Å². The number of anilines is 1. The maximum absolute atomic E-state index is 13.3. The minimum absolute atomic E-state index is 0.134. The van der Waals surface area contributed by atoms with Crippen molar-refractivity contribution < 1.29 is 19.6 Å². The van der Waals surface area contributed by atoms with E-state index in [1.54, 1.807) is 6.07 Å². The van der Waals surface area contributed by atoms with Gasteiger partial charge in [-0.2, -0.15) is 0 Å². The van der Waals surface area contributed by atoms with Crippen molar-refractivity contribution in [3.8, 4) is 0 Å². The fraction of sp³-hybridized carbons (Fsp3) is 0.0769. The Morgan fingerprint density at radius 2 is 1.79 bits per heavy atom. The molecule has 0 radical (unpaired) electrons. The average Bonchev–Trinajstić information content (AvgIpc) is 3.50. The number of hydrogen-bond acceptors (Lipinski definition) is 9. The zero-order valence-electron chi connectivity index (χ0n) is 19.4. The number of ketones is 1. The number of aromatic nitrogens is 2. The summed E-state index contributed by atoms with van der Waals surface area (Å²) in [5.41, 5.74) is 1.17. The molecule has 38 heavy (non-hydrogen) atoms. The molecule has 1 atom stereocenters. The smallest absolute Gasteiger partial charge is 0.301 e. The normalized spacial score (nSPS) is 16.7. The number of aliphatic hydroxyl groups excluding tert-OH is 1. The zero-order valence-corrected chi connectivity index (χ0v) is 21.7. The highest BCUT2D eigenvalue weighted by Gasteiger charge is 2.48. The second-order valence-corrected chi connectivity index (χ2v) is 10.8. The molecule has 1 N–H and O–H groups in total. The fourth-order valence-corrected chi connectivity index (χ4v) is 5.94. The number of aliphatic hydroxyl groups is 1. The Balaban J connectivity index is 1.58. The van der Waals surface area contributed by atoms with E-state index in [1.807, 2.05) is 30.3 Å². The van der Waals surface area contributed by atoms with E-state index in [0.717, 1.165) is 21.8 Å². The van der Waals surface area contributed by atoms with Crippen molar-refractivity contribution in [2.45, 2.75) is 16.1 Å². The summed E-state index contributed by atoms with van der Waals surface area (Å²) in [6, 6.07) is 20.3. The lowest BCUT2D eigenvalue weighted by Crippen LogP contribution is -2.29. The second kappa shape index (κ2) is 10.7. The van der Waals surface area contributed by atoms with E-state index < -0.39 is 28.4 Å². The molecular formula is C26H17ClN4O5S2. The Bertz CT molecular complexity index is 1570. The van der Waals surface area contributed by atoms with Crippen LogP contribution in [0.4, 0.5) is 10.8 Å². The van der Waals surface area contributed by atoms with Crippen molar-refractivity contribution in [2.24, 2.45) is 0 Å². The number of carbonyl (C=O) groups is 2. The van der Waals surface area contributed by atoms with Gasteiger partial charge in [0.15, 0.2) is 4.34 Å². The minimum Gasteiger partial charge on any atom is -0.507 e. The third-order valence-corrected chi connectivity index (χ3v) is 8.14. The molecule has 1 aliphatic rings. The Morgan fingerprint density at radius 1 is 1.05 bits per heavy atom. The number of benzene rings is 3. The van der Waals surface area contributed by atoms with E-state index in [-0.39, 0.29) is 27.5 Å². The van der Waals surface area contributed by atoms with E-state index in [9.17, 15) is 24.8 Å². The average molecular weight is 565 g/mol. The lowest BCUT2D eigenvalue weighted by Gasteiger charge is -2.22. The molecule has 0 spiro atoms. The Labute approximate surface area is 229 Å². The molecule has 2 heterocycles. The molecule has 3 aromatic carbocycles. The Hall–Kier alpha value is -4.06. The standard InChI is InChI=1S/C26H17ClN4O5S2/c27-18-11-9-16(10-12-18)22(32)20-21(17-7-4-8-19(13-17)31(35)36)30(24(34)23(20)33)25-28-29-26(38-25)37-14-15-5-2-1-3-6-15/h1-13,21,32H,14H2/b22-20-. The Kier molecular flexibility index (Phi) is 7.23. The fourth-order valence-electron chi connectivity index (χ4n) is 3.99. The summed E-state index contributed by atoms with van der Waals surface area (Å²) in [7, 11) is 0. The maximum atomic E-state index is 13.3. The van der Waals surface area contributed by atoms with Crippen LogP contribution in [0, 0.1) is 10.1 Å². The van der Waals surface area contributed by atoms with Crippen LogP contribution < -0.4 is 4.90 Å². The van der Waals surface area contributed by atoms with Crippen molar-refractivity contribution >= 4 is 63.0 Å². The first-order chi connectivity index (χ1) is 18.3. The van der Waals surface area contributed by atoms with E-state index in [4.69, 9.17) is 11.6 Å². The largest absolute Gasteiger partial charge is 0.507 e. The SMILES string of the molecule is O=C1C(=O)N(c2nnc(SCc3ccccc3)s2)C(c2cccc([N+](=O)[O-])c2)/C1=C(/O)c1ccc(Cl)cc1. The molecule has 1 unspecified atom stereocenters. The van der Waals surface area contributed by atoms with Crippen LogP contribution in [0.1, 0.15) is 22.7 Å². The summed E-state index contributed by atoms with van der Waals surface area (Å²) in [6.07, 6.45) is 0. The second-order valence-electron chi connectivity index (χ2n) is 8.15. The van der Waals surface area contributed by atoms with Crippen molar-refractivity contribution in [1.29, 1.82) is 0 Å². The lowest BCUT2D eigenvalue weighted by molar-refractivity contribution is -0.384. The van der Waals surface area contributed by atoms with E-state index in [2.05, 4.69) is 10.2 Å². The van der Waals surface area contributed by atoms with Crippen LogP contribution in [0.2, 0.25) is 5.02 Å². The molecule has 1 amide bonds. The van der Waals surface area contributed by atoms with Crippen molar-refractivity contribution in [2.75, 3.05) is 4.90 Å². The van der Waals surface area contributed by atoms with Crippen LogP contribution in [-0.2, 0) is 15.3 Å². The van der Waals surface area contributed by atoms with Crippen LogP contribution in [0.5, 0.6) is 0 Å². The van der Waals surface area contributed by atoms with Gasteiger partial charge in [-0.1, -0.05) is 77.2 Å². The monoisotopic (exact) mass is 564 g/mol. The number of nitrogens with zero attached hydrogens (tertiary/aromatic N) is 4. The molecule has 9 nitrogen and oxygen atoms in total. The van der Waals surface area contributed by atoms with Gasteiger partial charge in [0, 0.05) is 28.5 Å². The summed E-state index contributed by atoms with van der Waals surface area (Å²) in [5.74, 6) is -1.67. The molecule has 1 aromatic heterocycles. The van der Waals surface area contributed by atoms with E-state index >= 15 is 0 Å². The number of thioether (sulfide) groups is 1. The molecule has 1 fully saturated rings. The minimum atomic E-state index is -1.16. The van der Waals surface area contributed by atoms with Crippen molar-refractivity contribution in [1.82, 2.24) is 10.2 Å². The molecule has 4 aromatic rings. The van der Waals surface area contributed by atoms with Gasteiger partial charge in [0.25, 0.3) is 11.5 Å². The first kappa shape index (κ1) is 25.6. The first-order valence-electron chi connectivity index (χ1n) is 11.1. The van der Waals surface area contributed by atoms with Gasteiger partial charge in [-0.25, -0.2) is 0 Å². The quantitative estimate of drug-likeness (QED) is 0.0549. The number of Topliss-reactive ketones (excluding diaryl/α,β-unsaturated/α-hetero) is 1. The Morgan fingerprint density at radius 3 is 2.50 bits per heavy atom. The molecule has 0 aliphatic carbocycles. The topological polar surface area (TPSA) is 127 Å². The van der Waals surface area contributed by atoms with Gasteiger partial charge in [-0.15, -0.1) is 10.2 Å². The third kappa shape index (κ3) is 5.03. The van der Waals surface area contributed by atoms with Crippen LogP contribution in [-0.4, -0.2) is 31.9 Å². The number of non-ortho nitro benzene ring substituents is 1. The number of rotatable bonds is 7. The van der Waals surface area contributed by atoms with Gasteiger partial charge in [0.05, 0.1) is 16.5 Å². The third-order valence-electron chi connectivity index (χ3n) is 5.77. The summed E-state index contributed by atoms with van der Waals surface area (Å²) >= 11 is 8.50. The molecular weight excluding hydrogens is 548 g/mol. The zero-order chi connectivity index (χ0) is 26.8. The highest BCUT2D eigenvalue weighted by atomic mass is 35.5. The number of amides is 1. The number of nitro benzene ring substituents is 1. The molecule has 0 saturated carbocycles. The van der Waals surface area contributed by atoms with Gasteiger partial charge in [0.1, 0.15) is 5.76 Å². The summed E-state index contributed by atoms with van der Waals surface area (Å²) in [4.78, 5) is 38.6. The van der Waals surface area contributed by atoms with Crippen LogP contribution in [0.15, 0.2) is 88.8 Å². The first-order valence-corrected chi connectivity index (χ1v) is 13.3. The maximum Gasteiger partial charge on any atom is 0.301 e. The van der Waals surface area contributed by atoms with Gasteiger partial charge < -0.3 is 5.11 Å². The molecule has 12 heteroatoms. The van der Waals surface area contributed by atoms with Gasteiger partial charge in [-0.3, -0.25) is 24.6 Å². The van der Waals surface area contributed by atoms with Crippen molar-refractivity contribution in [3.05, 3.63) is 116 Å². The predicted molar refractivity (Wildman–Crippen MR) is 145 cm³/mol. The van der Waals surface area contributed by atoms with Crippen LogP contribution in [0.25, 0.3) is 5.76 Å². The van der Waals surface area contributed by atoms with Crippen molar-refractivity contribution in [3.63, 3.8) is 0 Å². The number of carbonyl (C=O) groups excluding carboxylic acids is 2.